The van der Waals surface area contributed by atoms with Crippen molar-refractivity contribution in [2.24, 2.45) is 10.7 Å². The minimum absolute atomic E-state index is 0.0713. The number of nitrogens with one attached hydrogen (secondary N) is 1. The number of pyridine rings is 1. The summed E-state index contributed by atoms with van der Waals surface area (Å²) in [4.78, 5) is 8.98. The molecule has 0 aliphatic heterocycles. The fourth-order valence-electron chi connectivity index (χ4n) is 3.70. The molecule has 1 aliphatic rings. The fourth-order valence-corrected chi connectivity index (χ4v) is 3.70. The number of aromatic nitrogens is 1. The van der Waals surface area contributed by atoms with Crippen LogP contribution >= 0.6 is 0 Å². The van der Waals surface area contributed by atoms with E-state index in [1.807, 2.05) is 30.5 Å². The highest BCUT2D eigenvalue weighted by molar-refractivity contribution is 5.77. The number of rotatable bonds is 7. The van der Waals surface area contributed by atoms with E-state index in [2.05, 4.69) is 33.5 Å². The van der Waals surface area contributed by atoms with Crippen LogP contribution in [0.2, 0.25) is 0 Å². The highest BCUT2D eigenvalue weighted by Crippen LogP contribution is 2.42. The molecule has 0 spiro atoms. The van der Waals surface area contributed by atoms with Gasteiger partial charge < -0.3 is 15.8 Å². The van der Waals surface area contributed by atoms with E-state index in [0.717, 1.165) is 37.3 Å². The Morgan fingerprint density at radius 1 is 1.23 bits per heavy atom. The van der Waals surface area contributed by atoms with Gasteiger partial charge in [-0.2, -0.15) is 0 Å². The first-order chi connectivity index (χ1) is 12.7. The Bertz CT molecular complexity index is 724. The van der Waals surface area contributed by atoms with Crippen molar-refractivity contribution in [3.05, 3.63) is 59.9 Å². The third kappa shape index (κ3) is 4.54. The normalized spacial score (nSPS) is 16.4. The standard InChI is InChI=1S/C21H28N4O/c1-26-19-9-6-7-17(15-19)21(11-3-4-12-21)16-25-20(22)24-14-10-18-8-2-5-13-23-18/h2,5-9,13,15H,3-4,10-12,14,16H2,1H3,(H3,22,24,25). The number of guanidine groups is 1. The summed E-state index contributed by atoms with van der Waals surface area (Å²) >= 11 is 0. The first kappa shape index (κ1) is 18.2. The number of nitrogens with two attached hydrogens (primary N) is 1. The first-order valence-corrected chi connectivity index (χ1v) is 9.30. The number of hydrogen-bond acceptors (Lipinski definition) is 3. The lowest BCUT2D eigenvalue weighted by atomic mass is 9.79. The molecule has 0 unspecified atom stereocenters. The van der Waals surface area contributed by atoms with Crippen LogP contribution in [0.3, 0.4) is 0 Å². The molecule has 3 N–H and O–H groups in total. The maximum Gasteiger partial charge on any atom is 0.188 e. The lowest BCUT2D eigenvalue weighted by molar-refractivity contribution is 0.408. The van der Waals surface area contributed by atoms with Crippen molar-refractivity contribution in [3.63, 3.8) is 0 Å². The summed E-state index contributed by atoms with van der Waals surface area (Å²) in [5, 5.41) is 3.21. The molecule has 138 valence electrons. The Morgan fingerprint density at radius 2 is 2.08 bits per heavy atom. The molecule has 1 saturated carbocycles. The predicted octanol–water partition coefficient (Wildman–Crippen LogP) is 3.05. The van der Waals surface area contributed by atoms with Crippen LogP contribution < -0.4 is 15.8 Å². The van der Waals surface area contributed by atoms with Crippen molar-refractivity contribution in [3.8, 4) is 5.75 Å². The second-order valence-electron chi connectivity index (χ2n) is 6.92. The van der Waals surface area contributed by atoms with E-state index >= 15 is 0 Å². The number of methoxy groups -OCH3 is 1. The molecule has 1 aromatic heterocycles. The number of nitrogens with zero attached hydrogens (tertiary/aromatic N) is 2. The SMILES string of the molecule is COc1cccc(C2(CN=C(N)NCCc3ccccn3)CCCC2)c1. The Morgan fingerprint density at radius 3 is 2.81 bits per heavy atom. The summed E-state index contributed by atoms with van der Waals surface area (Å²) in [5.41, 5.74) is 8.53. The van der Waals surface area contributed by atoms with E-state index in [0.29, 0.717) is 12.5 Å². The van der Waals surface area contributed by atoms with Crippen LogP contribution in [0, 0.1) is 0 Å². The van der Waals surface area contributed by atoms with E-state index < -0.39 is 0 Å². The van der Waals surface area contributed by atoms with E-state index in [1.54, 1.807) is 7.11 Å². The van der Waals surface area contributed by atoms with Crippen molar-refractivity contribution in [2.45, 2.75) is 37.5 Å². The summed E-state index contributed by atoms with van der Waals surface area (Å²) in [5.74, 6) is 1.41. The number of benzene rings is 1. The molecule has 1 heterocycles. The topological polar surface area (TPSA) is 72.5 Å². The number of hydrogen-bond donors (Lipinski definition) is 2. The molecule has 3 rings (SSSR count). The van der Waals surface area contributed by atoms with Crippen molar-refractivity contribution >= 4 is 5.96 Å². The third-order valence-corrected chi connectivity index (χ3v) is 5.21. The van der Waals surface area contributed by atoms with Crippen LogP contribution in [0.4, 0.5) is 0 Å². The highest BCUT2D eigenvalue weighted by atomic mass is 16.5. The lowest BCUT2D eigenvalue weighted by Crippen LogP contribution is -2.35. The Labute approximate surface area is 155 Å². The van der Waals surface area contributed by atoms with Gasteiger partial charge in [-0.3, -0.25) is 9.98 Å². The van der Waals surface area contributed by atoms with Crippen LogP contribution in [0.5, 0.6) is 5.75 Å². The zero-order chi connectivity index (χ0) is 18.2. The van der Waals surface area contributed by atoms with Crippen LogP contribution in [0.15, 0.2) is 53.7 Å². The molecule has 0 bridgehead atoms. The van der Waals surface area contributed by atoms with Crippen LogP contribution in [-0.2, 0) is 11.8 Å². The molecular weight excluding hydrogens is 324 g/mol. The summed E-state index contributed by atoms with van der Waals surface area (Å²) in [6, 6.07) is 14.3. The Balaban J connectivity index is 1.61. The van der Waals surface area contributed by atoms with Gasteiger partial charge in [-0.15, -0.1) is 0 Å². The largest absolute Gasteiger partial charge is 0.497 e. The van der Waals surface area contributed by atoms with Gasteiger partial charge in [0.1, 0.15) is 5.75 Å². The van der Waals surface area contributed by atoms with Crippen LogP contribution in [0.25, 0.3) is 0 Å². The van der Waals surface area contributed by atoms with Gasteiger partial charge in [0, 0.05) is 30.3 Å². The van der Waals surface area contributed by atoms with Crippen molar-refractivity contribution in [1.29, 1.82) is 0 Å². The second-order valence-corrected chi connectivity index (χ2v) is 6.92. The van der Waals surface area contributed by atoms with Gasteiger partial charge in [0.2, 0.25) is 0 Å². The van der Waals surface area contributed by atoms with Crippen molar-refractivity contribution in [2.75, 3.05) is 20.2 Å². The third-order valence-electron chi connectivity index (χ3n) is 5.21. The second kappa shape index (κ2) is 8.70. The smallest absolute Gasteiger partial charge is 0.188 e. The maximum absolute atomic E-state index is 6.10. The van der Waals surface area contributed by atoms with Crippen molar-refractivity contribution < 1.29 is 4.74 Å². The van der Waals surface area contributed by atoms with Crippen LogP contribution in [0.1, 0.15) is 36.9 Å². The monoisotopic (exact) mass is 352 g/mol. The van der Waals surface area contributed by atoms with Gasteiger partial charge in [-0.25, -0.2) is 0 Å². The molecular formula is C21H28N4O. The maximum atomic E-state index is 6.10. The summed E-state index contributed by atoms with van der Waals surface area (Å²) < 4.78 is 5.40. The van der Waals surface area contributed by atoms with Gasteiger partial charge in [0.05, 0.1) is 13.7 Å². The van der Waals surface area contributed by atoms with E-state index in [4.69, 9.17) is 10.5 Å². The quantitative estimate of drug-likeness (QED) is 0.593. The van der Waals surface area contributed by atoms with Gasteiger partial charge in [-0.05, 0) is 42.7 Å². The molecule has 0 amide bonds. The molecule has 1 aliphatic carbocycles. The van der Waals surface area contributed by atoms with Crippen molar-refractivity contribution in [1.82, 2.24) is 10.3 Å². The fraction of sp³-hybridized carbons (Fsp3) is 0.429. The molecule has 0 atom stereocenters. The zero-order valence-corrected chi connectivity index (χ0v) is 15.4. The van der Waals surface area contributed by atoms with Gasteiger partial charge >= 0.3 is 0 Å². The average molecular weight is 352 g/mol. The lowest BCUT2D eigenvalue weighted by Gasteiger charge is -2.28. The molecule has 2 aromatic rings. The minimum Gasteiger partial charge on any atom is -0.497 e. The molecule has 1 aromatic carbocycles. The Hall–Kier alpha value is -2.56. The average Bonchev–Trinajstić information content (AvgIpc) is 3.17. The van der Waals surface area contributed by atoms with Gasteiger partial charge in [0.15, 0.2) is 5.96 Å². The molecule has 26 heavy (non-hydrogen) atoms. The zero-order valence-electron chi connectivity index (χ0n) is 15.4. The first-order valence-electron chi connectivity index (χ1n) is 9.30. The van der Waals surface area contributed by atoms with E-state index in [1.165, 1.54) is 18.4 Å². The minimum atomic E-state index is 0.0713. The predicted molar refractivity (Wildman–Crippen MR) is 106 cm³/mol. The summed E-state index contributed by atoms with van der Waals surface area (Å²) in [6.45, 7) is 1.45. The summed E-state index contributed by atoms with van der Waals surface area (Å²) in [6.07, 6.45) is 7.40. The molecule has 0 saturated heterocycles. The molecule has 0 radical (unpaired) electrons. The number of aliphatic imine (C=N–C) groups is 1. The highest BCUT2D eigenvalue weighted by Gasteiger charge is 2.35. The number of ether oxygens (including phenoxy) is 1. The van der Waals surface area contributed by atoms with Gasteiger partial charge in [-0.1, -0.05) is 31.0 Å². The molecule has 5 nitrogen and oxygen atoms in total. The Kier molecular flexibility index (Phi) is 6.10. The van der Waals surface area contributed by atoms with Crippen LogP contribution in [-0.4, -0.2) is 31.1 Å². The van der Waals surface area contributed by atoms with E-state index in [-0.39, 0.29) is 5.41 Å². The molecule has 5 heteroatoms. The van der Waals surface area contributed by atoms with E-state index in [9.17, 15) is 0 Å². The molecule has 1 fully saturated rings. The van der Waals surface area contributed by atoms with Gasteiger partial charge in [0.25, 0.3) is 0 Å². The summed E-state index contributed by atoms with van der Waals surface area (Å²) in [7, 11) is 1.71.